The van der Waals surface area contributed by atoms with Crippen molar-refractivity contribution in [1.82, 2.24) is 9.99 Å². The fourth-order valence-corrected chi connectivity index (χ4v) is 3.71. The Hall–Kier alpha value is -1.97. The van der Waals surface area contributed by atoms with Crippen LogP contribution in [0.1, 0.15) is 36.7 Å². The normalized spacial score (nSPS) is 11.8. The standard InChI is InChI=1S/C20H21Cl2N3/c1-13(2)25-14(3)16(15-7-4-5-10-20(15)25)11-23-24-12-17-18(21)8-6-9-19(17)22/h4-11,13,24H,12H2,1-3H3/b23-11-. The second-order valence-electron chi connectivity index (χ2n) is 6.27. The minimum Gasteiger partial charge on any atom is -0.342 e. The summed E-state index contributed by atoms with van der Waals surface area (Å²) in [4.78, 5) is 0. The van der Waals surface area contributed by atoms with E-state index in [0.717, 1.165) is 11.1 Å². The summed E-state index contributed by atoms with van der Waals surface area (Å²) in [6, 6.07) is 14.3. The number of nitrogens with one attached hydrogen (secondary N) is 1. The van der Waals surface area contributed by atoms with Gasteiger partial charge in [-0.05, 0) is 39.0 Å². The predicted molar refractivity (Wildman–Crippen MR) is 108 cm³/mol. The Bertz CT molecular complexity index is 906. The zero-order valence-corrected chi connectivity index (χ0v) is 16.1. The number of hydrazone groups is 1. The second kappa shape index (κ2) is 7.51. The first kappa shape index (κ1) is 17.8. The predicted octanol–water partition coefficient (Wildman–Crippen LogP) is 5.96. The van der Waals surface area contributed by atoms with E-state index >= 15 is 0 Å². The van der Waals surface area contributed by atoms with Crippen molar-refractivity contribution in [3.63, 3.8) is 0 Å². The number of nitrogens with zero attached hydrogens (tertiary/aromatic N) is 2. The van der Waals surface area contributed by atoms with Gasteiger partial charge in [-0.2, -0.15) is 5.10 Å². The van der Waals surface area contributed by atoms with E-state index in [1.165, 1.54) is 16.6 Å². The average Bonchev–Trinajstić information content (AvgIpc) is 2.85. The van der Waals surface area contributed by atoms with Crippen molar-refractivity contribution in [3.8, 4) is 0 Å². The smallest absolute Gasteiger partial charge is 0.0609 e. The highest BCUT2D eigenvalue weighted by molar-refractivity contribution is 6.35. The van der Waals surface area contributed by atoms with E-state index in [-0.39, 0.29) is 0 Å². The molecule has 0 aliphatic carbocycles. The first-order valence-electron chi connectivity index (χ1n) is 8.29. The molecule has 0 spiro atoms. The molecular weight excluding hydrogens is 353 g/mol. The number of aromatic nitrogens is 1. The lowest BCUT2D eigenvalue weighted by atomic mass is 10.1. The first-order chi connectivity index (χ1) is 12.0. The molecule has 0 saturated heterocycles. The van der Waals surface area contributed by atoms with Crippen molar-refractivity contribution in [2.24, 2.45) is 5.10 Å². The molecule has 0 aliphatic rings. The van der Waals surface area contributed by atoms with Gasteiger partial charge in [0.15, 0.2) is 0 Å². The monoisotopic (exact) mass is 373 g/mol. The van der Waals surface area contributed by atoms with Crippen molar-refractivity contribution in [2.75, 3.05) is 0 Å². The Morgan fingerprint density at radius 2 is 1.76 bits per heavy atom. The number of hydrogen-bond acceptors (Lipinski definition) is 2. The second-order valence-corrected chi connectivity index (χ2v) is 7.09. The van der Waals surface area contributed by atoms with Gasteiger partial charge in [0.25, 0.3) is 0 Å². The SMILES string of the molecule is Cc1c(/C=N\NCc2c(Cl)cccc2Cl)c2ccccc2n1C(C)C. The summed E-state index contributed by atoms with van der Waals surface area (Å²) in [5, 5.41) is 6.88. The van der Waals surface area contributed by atoms with Gasteiger partial charge in [0.2, 0.25) is 0 Å². The van der Waals surface area contributed by atoms with Crippen LogP contribution < -0.4 is 5.43 Å². The van der Waals surface area contributed by atoms with Crippen molar-refractivity contribution >= 4 is 40.3 Å². The molecule has 3 aromatic rings. The third-order valence-corrected chi connectivity index (χ3v) is 5.03. The van der Waals surface area contributed by atoms with Gasteiger partial charge in [-0.25, -0.2) is 0 Å². The van der Waals surface area contributed by atoms with E-state index in [1.807, 2.05) is 24.4 Å². The van der Waals surface area contributed by atoms with E-state index in [1.54, 1.807) is 0 Å². The van der Waals surface area contributed by atoms with Crippen LogP contribution in [0.2, 0.25) is 10.0 Å². The average molecular weight is 374 g/mol. The number of rotatable bonds is 5. The molecule has 25 heavy (non-hydrogen) atoms. The quantitative estimate of drug-likeness (QED) is 0.433. The molecule has 5 heteroatoms. The minimum atomic E-state index is 0.391. The summed E-state index contributed by atoms with van der Waals surface area (Å²) in [5.74, 6) is 0. The Balaban J connectivity index is 1.86. The maximum Gasteiger partial charge on any atom is 0.0609 e. The summed E-state index contributed by atoms with van der Waals surface area (Å²) in [6.45, 7) is 7.00. The largest absolute Gasteiger partial charge is 0.342 e. The molecule has 0 bridgehead atoms. The van der Waals surface area contributed by atoms with E-state index in [0.29, 0.717) is 22.6 Å². The molecule has 0 saturated carbocycles. The maximum absolute atomic E-state index is 6.19. The third kappa shape index (κ3) is 3.53. The lowest BCUT2D eigenvalue weighted by molar-refractivity contribution is 0.607. The zero-order valence-electron chi connectivity index (χ0n) is 14.6. The van der Waals surface area contributed by atoms with Crippen LogP contribution in [0, 0.1) is 6.92 Å². The molecular formula is C20H21Cl2N3. The molecule has 3 rings (SSSR count). The van der Waals surface area contributed by atoms with Gasteiger partial charge < -0.3 is 9.99 Å². The Kier molecular flexibility index (Phi) is 5.36. The first-order valence-corrected chi connectivity index (χ1v) is 9.04. The van der Waals surface area contributed by atoms with Gasteiger partial charge in [-0.15, -0.1) is 0 Å². The lowest BCUT2D eigenvalue weighted by Crippen LogP contribution is -2.07. The van der Waals surface area contributed by atoms with Gasteiger partial charge in [-0.3, -0.25) is 0 Å². The molecule has 0 unspecified atom stereocenters. The van der Waals surface area contributed by atoms with Crippen molar-refractivity contribution in [2.45, 2.75) is 33.4 Å². The minimum absolute atomic E-state index is 0.391. The van der Waals surface area contributed by atoms with Crippen LogP contribution in [-0.2, 0) is 6.54 Å². The Morgan fingerprint density at radius 1 is 1.08 bits per heavy atom. The van der Waals surface area contributed by atoms with E-state index in [4.69, 9.17) is 23.2 Å². The molecule has 0 atom stereocenters. The van der Waals surface area contributed by atoms with Crippen molar-refractivity contribution in [3.05, 3.63) is 69.3 Å². The zero-order chi connectivity index (χ0) is 18.0. The summed E-state index contributed by atoms with van der Waals surface area (Å²) in [7, 11) is 0. The topological polar surface area (TPSA) is 29.3 Å². The summed E-state index contributed by atoms with van der Waals surface area (Å²) >= 11 is 12.4. The highest BCUT2D eigenvalue weighted by Crippen LogP contribution is 2.28. The Morgan fingerprint density at radius 3 is 2.44 bits per heavy atom. The van der Waals surface area contributed by atoms with Crippen LogP contribution in [-0.4, -0.2) is 10.8 Å². The van der Waals surface area contributed by atoms with E-state index in [9.17, 15) is 0 Å². The Labute approximate surface area is 158 Å². The van der Waals surface area contributed by atoms with Crippen molar-refractivity contribution in [1.29, 1.82) is 0 Å². The van der Waals surface area contributed by atoms with Crippen molar-refractivity contribution < 1.29 is 0 Å². The molecule has 2 aromatic carbocycles. The summed E-state index contributed by atoms with van der Waals surface area (Å²) in [5.41, 5.74) is 7.47. The van der Waals surface area contributed by atoms with E-state index < -0.39 is 0 Å². The molecule has 1 heterocycles. The number of hydrogen-bond donors (Lipinski definition) is 1. The van der Waals surface area contributed by atoms with Crippen LogP contribution in [0.25, 0.3) is 10.9 Å². The van der Waals surface area contributed by atoms with Gasteiger partial charge in [0, 0.05) is 43.8 Å². The highest BCUT2D eigenvalue weighted by Gasteiger charge is 2.14. The summed E-state index contributed by atoms with van der Waals surface area (Å²) in [6.07, 6.45) is 1.88. The third-order valence-electron chi connectivity index (χ3n) is 4.32. The van der Waals surface area contributed by atoms with Crippen LogP contribution in [0.5, 0.6) is 0 Å². The van der Waals surface area contributed by atoms with E-state index in [2.05, 4.69) is 60.1 Å². The van der Waals surface area contributed by atoms with Gasteiger partial charge >= 0.3 is 0 Å². The number of halogens is 2. The molecule has 130 valence electrons. The molecule has 0 fully saturated rings. The molecule has 0 aliphatic heterocycles. The molecule has 0 amide bonds. The molecule has 1 aromatic heterocycles. The lowest BCUT2D eigenvalue weighted by Gasteiger charge is -2.12. The van der Waals surface area contributed by atoms with Crippen LogP contribution in [0.3, 0.4) is 0 Å². The fourth-order valence-electron chi connectivity index (χ4n) is 3.18. The molecule has 0 radical (unpaired) electrons. The van der Waals surface area contributed by atoms with Gasteiger partial charge in [0.05, 0.1) is 12.8 Å². The van der Waals surface area contributed by atoms with Crippen LogP contribution >= 0.6 is 23.2 Å². The van der Waals surface area contributed by atoms with Crippen LogP contribution in [0.15, 0.2) is 47.6 Å². The number of fused-ring (bicyclic) bond motifs is 1. The maximum atomic E-state index is 6.19. The molecule has 3 nitrogen and oxygen atoms in total. The van der Waals surface area contributed by atoms with Crippen LogP contribution in [0.4, 0.5) is 0 Å². The highest BCUT2D eigenvalue weighted by atomic mass is 35.5. The van der Waals surface area contributed by atoms with Gasteiger partial charge in [0.1, 0.15) is 0 Å². The number of para-hydroxylation sites is 1. The van der Waals surface area contributed by atoms with Gasteiger partial charge in [-0.1, -0.05) is 47.5 Å². The number of benzene rings is 2. The molecule has 1 N–H and O–H groups in total. The fraction of sp³-hybridized carbons (Fsp3) is 0.250. The summed E-state index contributed by atoms with van der Waals surface area (Å²) < 4.78 is 2.33.